The van der Waals surface area contributed by atoms with Crippen LogP contribution in [0.1, 0.15) is 11.1 Å². The number of benzene rings is 2. The summed E-state index contributed by atoms with van der Waals surface area (Å²) in [5, 5.41) is 3.50. The Morgan fingerprint density at radius 3 is 2.56 bits per heavy atom. The largest absolute Gasteiger partial charge is 0.490 e. The number of hydrogen-bond donors (Lipinski definition) is 1. The zero-order chi connectivity index (χ0) is 19.2. The Bertz CT molecular complexity index is 789. The third-order valence-electron chi connectivity index (χ3n) is 4.66. The first-order chi connectivity index (χ1) is 13.0. The van der Waals surface area contributed by atoms with Gasteiger partial charge in [0, 0.05) is 31.9 Å². The van der Waals surface area contributed by atoms with E-state index in [1.807, 2.05) is 30.0 Å². The lowest BCUT2D eigenvalue weighted by molar-refractivity contribution is 0.191. The fourth-order valence-corrected chi connectivity index (χ4v) is 3.32. The second-order valence-electron chi connectivity index (χ2n) is 6.83. The second kappa shape index (κ2) is 9.00. The minimum Gasteiger partial charge on any atom is -0.490 e. The molecule has 0 bridgehead atoms. The predicted molar refractivity (Wildman–Crippen MR) is 110 cm³/mol. The van der Waals surface area contributed by atoms with Crippen LogP contribution < -0.4 is 15.0 Å². The summed E-state index contributed by atoms with van der Waals surface area (Å²) in [6, 6.07) is 14.1. The number of nitrogens with zero attached hydrogens (tertiary/aromatic N) is 2. The van der Waals surface area contributed by atoms with E-state index >= 15 is 0 Å². The molecule has 5 nitrogen and oxygen atoms in total. The number of nitrogens with one attached hydrogen (secondary N) is 1. The van der Waals surface area contributed by atoms with E-state index in [-0.39, 0.29) is 6.03 Å². The number of amides is 2. The van der Waals surface area contributed by atoms with Crippen LogP contribution in [0.15, 0.2) is 42.5 Å². The summed E-state index contributed by atoms with van der Waals surface area (Å²) in [5.74, 6) is 0.651. The van der Waals surface area contributed by atoms with E-state index in [0.29, 0.717) is 37.0 Å². The summed E-state index contributed by atoms with van der Waals surface area (Å²) >= 11 is 6.11. The van der Waals surface area contributed by atoms with Crippen LogP contribution in [0.25, 0.3) is 0 Å². The molecule has 0 aromatic heterocycles. The van der Waals surface area contributed by atoms with Gasteiger partial charge in [-0.1, -0.05) is 29.8 Å². The molecule has 0 unspecified atom stereocenters. The van der Waals surface area contributed by atoms with E-state index < -0.39 is 0 Å². The molecular formula is C21H26ClN3O2. The third-order valence-corrected chi connectivity index (χ3v) is 4.97. The van der Waals surface area contributed by atoms with E-state index in [1.54, 1.807) is 0 Å². The normalized spacial score (nSPS) is 14.2. The van der Waals surface area contributed by atoms with Crippen molar-refractivity contribution in [1.29, 1.82) is 0 Å². The second-order valence-corrected chi connectivity index (χ2v) is 7.23. The fourth-order valence-electron chi connectivity index (χ4n) is 3.14. The first-order valence-electron chi connectivity index (χ1n) is 9.26. The van der Waals surface area contributed by atoms with Crippen molar-refractivity contribution in [2.75, 3.05) is 44.2 Å². The highest BCUT2D eigenvalue weighted by Gasteiger charge is 2.21. The van der Waals surface area contributed by atoms with Gasteiger partial charge in [-0.25, -0.2) is 4.79 Å². The van der Waals surface area contributed by atoms with Crippen LogP contribution in [0, 0.1) is 13.8 Å². The summed E-state index contributed by atoms with van der Waals surface area (Å²) in [5.41, 5.74) is 3.56. The van der Waals surface area contributed by atoms with Crippen molar-refractivity contribution < 1.29 is 9.53 Å². The summed E-state index contributed by atoms with van der Waals surface area (Å²) in [7, 11) is 0. The average Bonchev–Trinajstić information content (AvgIpc) is 2.67. The molecule has 144 valence electrons. The van der Waals surface area contributed by atoms with Crippen LogP contribution in [-0.2, 0) is 0 Å². The number of halogens is 1. The quantitative estimate of drug-likeness (QED) is 0.792. The van der Waals surface area contributed by atoms with Crippen LogP contribution in [0.5, 0.6) is 5.75 Å². The van der Waals surface area contributed by atoms with Crippen molar-refractivity contribution in [3.8, 4) is 5.75 Å². The Morgan fingerprint density at radius 2 is 1.81 bits per heavy atom. The first-order valence-corrected chi connectivity index (χ1v) is 9.64. The number of urea groups is 1. The van der Waals surface area contributed by atoms with Gasteiger partial charge in [-0.3, -0.25) is 0 Å². The molecule has 27 heavy (non-hydrogen) atoms. The zero-order valence-electron chi connectivity index (χ0n) is 15.9. The molecule has 1 saturated heterocycles. The molecule has 1 fully saturated rings. The van der Waals surface area contributed by atoms with Gasteiger partial charge < -0.3 is 19.9 Å². The SMILES string of the molecule is Cc1cccc(N2CCN(C(=O)NCCOc3cc(C)ccc3Cl)CC2)c1. The van der Waals surface area contributed by atoms with Crippen molar-refractivity contribution in [2.45, 2.75) is 13.8 Å². The number of rotatable bonds is 5. The lowest BCUT2D eigenvalue weighted by Gasteiger charge is -2.36. The molecule has 0 saturated carbocycles. The van der Waals surface area contributed by atoms with Gasteiger partial charge in [0.15, 0.2) is 0 Å². The van der Waals surface area contributed by atoms with Gasteiger partial charge in [0.1, 0.15) is 12.4 Å². The Morgan fingerprint density at radius 1 is 1.07 bits per heavy atom. The zero-order valence-corrected chi connectivity index (χ0v) is 16.6. The van der Waals surface area contributed by atoms with Crippen molar-refractivity contribution in [1.82, 2.24) is 10.2 Å². The van der Waals surface area contributed by atoms with Crippen LogP contribution in [0.3, 0.4) is 0 Å². The number of carbonyl (C=O) groups excluding carboxylic acids is 1. The molecule has 1 aliphatic heterocycles. The molecule has 0 radical (unpaired) electrons. The molecule has 1 N–H and O–H groups in total. The van der Waals surface area contributed by atoms with Crippen LogP contribution in [-0.4, -0.2) is 50.3 Å². The van der Waals surface area contributed by atoms with Crippen LogP contribution >= 0.6 is 11.6 Å². The highest BCUT2D eigenvalue weighted by atomic mass is 35.5. The summed E-state index contributed by atoms with van der Waals surface area (Å²) < 4.78 is 5.67. The number of aryl methyl sites for hydroxylation is 2. The van der Waals surface area contributed by atoms with E-state index in [9.17, 15) is 4.79 Å². The number of anilines is 1. The Balaban J connectivity index is 1.40. The van der Waals surface area contributed by atoms with Crippen molar-refractivity contribution in [3.05, 3.63) is 58.6 Å². The maximum Gasteiger partial charge on any atom is 0.317 e. The standard InChI is InChI=1S/C21H26ClN3O2/c1-16-4-3-5-18(14-16)24-9-11-25(12-10-24)21(26)23-8-13-27-20-15-17(2)6-7-19(20)22/h3-7,14-15H,8-13H2,1-2H3,(H,23,26). The fraction of sp³-hybridized carbons (Fsp3) is 0.381. The average molecular weight is 388 g/mol. The van der Waals surface area contributed by atoms with E-state index in [1.165, 1.54) is 11.3 Å². The van der Waals surface area contributed by atoms with E-state index in [2.05, 4.69) is 41.4 Å². The van der Waals surface area contributed by atoms with Gasteiger partial charge in [0.25, 0.3) is 0 Å². The maximum absolute atomic E-state index is 12.3. The van der Waals surface area contributed by atoms with Gasteiger partial charge in [-0.2, -0.15) is 0 Å². The molecule has 6 heteroatoms. The highest BCUT2D eigenvalue weighted by Crippen LogP contribution is 2.25. The summed E-state index contributed by atoms with van der Waals surface area (Å²) in [6.45, 7) is 8.02. The number of ether oxygens (including phenoxy) is 1. The van der Waals surface area contributed by atoms with Crippen LogP contribution in [0.4, 0.5) is 10.5 Å². The topological polar surface area (TPSA) is 44.8 Å². The number of hydrogen-bond acceptors (Lipinski definition) is 3. The first kappa shape index (κ1) is 19.4. The predicted octanol–water partition coefficient (Wildman–Crippen LogP) is 3.87. The monoisotopic (exact) mass is 387 g/mol. The molecule has 3 rings (SSSR count). The Labute approximate surface area is 165 Å². The summed E-state index contributed by atoms with van der Waals surface area (Å²) in [4.78, 5) is 16.5. The molecule has 1 heterocycles. The molecule has 2 aromatic rings. The van der Waals surface area contributed by atoms with Crippen molar-refractivity contribution >= 4 is 23.3 Å². The molecule has 0 aliphatic carbocycles. The highest BCUT2D eigenvalue weighted by molar-refractivity contribution is 6.32. The third kappa shape index (κ3) is 5.30. The van der Waals surface area contributed by atoms with Crippen molar-refractivity contribution in [2.24, 2.45) is 0 Å². The van der Waals surface area contributed by atoms with E-state index in [4.69, 9.17) is 16.3 Å². The van der Waals surface area contributed by atoms with Gasteiger partial charge in [-0.05, 0) is 49.2 Å². The smallest absolute Gasteiger partial charge is 0.317 e. The summed E-state index contributed by atoms with van der Waals surface area (Å²) in [6.07, 6.45) is 0. The van der Waals surface area contributed by atoms with Gasteiger partial charge >= 0.3 is 6.03 Å². The van der Waals surface area contributed by atoms with Gasteiger partial charge in [-0.15, -0.1) is 0 Å². The Hall–Kier alpha value is -2.40. The van der Waals surface area contributed by atoms with Gasteiger partial charge in [0.05, 0.1) is 11.6 Å². The number of carbonyl (C=O) groups is 1. The van der Waals surface area contributed by atoms with Gasteiger partial charge in [0.2, 0.25) is 0 Å². The molecule has 0 atom stereocenters. The lowest BCUT2D eigenvalue weighted by Crippen LogP contribution is -2.52. The molecule has 2 amide bonds. The Kier molecular flexibility index (Phi) is 6.45. The maximum atomic E-state index is 12.3. The molecule has 2 aromatic carbocycles. The van der Waals surface area contributed by atoms with E-state index in [0.717, 1.165) is 18.7 Å². The minimum absolute atomic E-state index is 0.0437. The lowest BCUT2D eigenvalue weighted by atomic mass is 10.2. The minimum atomic E-state index is -0.0437. The van der Waals surface area contributed by atoms with Crippen molar-refractivity contribution in [3.63, 3.8) is 0 Å². The molecular weight excluding hydrogens is 362 g/mol. The number of piperazine rings is 1. The molecule has 0 spiro atoms. The molecule has 1 aliphatic rings. The van der Waals surface area contributed by atoms with Crippen LogP contribution in [0.2, 0.25) is 5.02 Å².